The van der Waals surface area contributed by atoms with Crippen LogP contribution in [0.5, 0.6) is 11.5 Å². The van der Waals surface area contributed by atoms with Crippen LogP contribution in [0, 0.1) is 0 Å². The number of rotatable bonds is 5. The Bertz CT molecular complexity index is 3520. The second kappa shape index (κ2) is 14.3. The van der Waals surface area contributed by atoms with Gasteiger partial charge in [-0.2, -0.15) is 0 Å². The summed E-state index contributed by atoms with van der Waals surface area (Å²) >= 11 is 0. The minimum Gasteiger partial charge on any atom is -0.456 e. The Morgan fingerprint density at radius 1 is 0.328 bits per heavy atom. The van der Waals surface area contributed by atoms with Crippen molar-refractivity contribution in [1.82, 2.24) is 9.97 Å². The summed E-state index contributed by atoms with van der Waals surface area (Å²) in [5.41, 5.74) is 15.7. The zero-order valence-corrected chi connectivity index (χ0v) is 34.7. The molecule has 1 aliphatic carbocycles. The van der Waals surface area contributed by atoms with Gasteiger partial charge in [-0.3, -0.25) is 0 Å². The SMILES string of the molecule is c1ccc(-c2ccc(-c3cc(-c4ccc(-c5ccccc5)cc4)nc(-c4cccc5c4Oc4ccccc4C54c5ccccc5-c5c4c4ccccc4c4ccccc54)n3)cc2)cc1. The molecule has 0 radical (unpaired) electrons. The lowest BCUT2D eigenvalue weighted by molar-refractivity contribution is 0.438. The number of benzene rings is 10. The third-order valence-corrected chi connectivity index (χ3v) is 13.4. The zero-order valence-electron chi connectivity index (χ0n) is 34.7. The molecule has 0 saturated carbocycles. The van der Waals surface area contributed by atoms with Gasteiger partial charge in [0, 0.05) is 22.3 Å². The molecule has 64 heavy (non-hydrogen) atoms. The summed E-state index contributed by atoms with van der Waals surface area (Å²) in [6.07, 6.45) is 0. The highest BCUT2D eigenvalue weighted by atomic mass is 16.5. The first-order valence-electron chi connectivity index (χ1n) is 21.9. The standard InChI is InChI=1S/C61H38N2O/c1-3-16-39(17-4-1)41-30-34-43(35-31-41)54-38-55(44-36-32-42(33-37-44)40-18-5-2-6-19-40)63-60(62-54)50-25-15-28-53-59(50)64-56-29-14-13-27-52(56)61(53)51-26-12-11-24-49(51)57-47-22-9-7-20-45(47)46-21-8-10-23-48(46)58(57)61/h1-38H. The molecule has 10 aromatic carbocycles. The number of ether oxygens (including phenoxy) is 1. The molecule has 0 amide bonds. The van der Waals surface area contributed by atoms with Gasteiger partial charge in [0.2, 0.25) is 0 Å². The lowest BCUT2D eigenvalue weighted by Crippen LogP contribution is -2.32. The Kier molecular flexibility index (Phi) is 8.13. The van der Waals surface area contributed by atoms with Crippen molar-refractivity contribution >= 4 is 21.5 Å². The van der Waals surface area contributed by atoms with Gasteiger partial charge in [-0.25, -0.2) is 9.97 Å². The average Bonchev–Trinajstić information content (AvgIpc) is 3.68. The van der Waals surface area contributed by atoms with Crippen molar-refractivity contribution in [3.63, 3.8) is 0 Å². The topological polar surface area (TPSA) is 35.0 Å². The molecule has 0 saturated heterocycles. The van der Waals surface area contributed by atoms with Crippen molar-refractivity contribution in [1.29, 1.82) is 0 Å². The second-order valence-electron chi connectivity index (χ2n) is 16.8. The smallest absolute Gasteiger partial charge is 0.164 e. The maximum Gasteiger partial charge on any atom is 0.164 e. The van der Waals surface area contributed by atoms with E-state index in [1.807, 2.05) is 0 Å². The molecule has 13 rings (SSSR count). The van der Waals surface area contributed by atoms with Gasteiger partial charge in [0.1, 0.15) is 11.5 Å². The number of hydrogen-bond acceptors (Lipinski definition) is 3. The summed E-state index contributed by atoms with van der Waals surface area (Å²) < 4.78 is 7.22. The minimum atomic E-state index is -0.698. The highest BCUT2D eigenvalue weighted by Crippen LogP contribution is 2.65. The maximum atomic E-state index is 7.22. The summed E-state index contributed by atoms with van der Waals surface area (Å²) in [6, 6.07) is 82.4. The van der Waals surface area contributed by atoms with E-state index >= 15 is 0 Å². The third-order valence-electron chi connectivity index (χ3n) is 13.4. The molecule has 298 valence electrons. The molecule has 1 aromatic heterocycles. The fourth-order valence-corrected chi connectivity index (χ4v) is 10.6. The molecule has 1 atom stereocenters. The minimum absolute atomic E-state index is 0.605. The lowest BCUT2D eigenvalue weighted by atomic mass is 9.64. The molecule has 2 heterocycles. The van der Waals surface area contributed by atoms with E-state index < -0.39 is 5.41 Å². The van der Waals surface area contributed by atoms with Crippen molar-refractivity contribution in [3.8, 4) is 78.8 Å². The number of fused-ring (bicyclic) bond motifs is 14. The van der Waals surface area contributed by atoms with Crippen LogP contribution in [0.1, 0.15) is 22.3 Å². The molecule has 3 nitrogen and oxygen atoms in total. The van der Waals surface area contributed by atoms with Gasteiger partial charge >= 0.3 is 0 Å². The number of para-hydroxylation sites is 2. The first kappa shape index (κ1) is 36.3. The molecule has 1 spiro atoms. The number of aromatic nitrogens is 2. The van der Waals surface area contributed by atoms with Crippen LogP contribution in [0.2, 0.25) is 0 Å². The fraction of sp³-hybridized carbons (Fsp3) is 0.0164. The van der Waals surface area contributed by atoms with Crippen molar-refractivity contribution in [2.24, 2.45) is 0 Å². The van der Waals surface area contributed by atoms with Crippen LogP contribution < -0.4 is 4.74 Å². The lowest BCUT2D eigenvalue weighted by Gasteiger charge is -2.40. The molecular formula is C61H38N2O. The van der Waals surface area contributed by atoms with E-state index in [0.717, 1.165) is 61.8 Å². The first-order valence-corrected chi connectivity index (χ1v) is 21.9. The molecule has 11 aromatic rings. The van der Waals surface area contributed by atoms with Crippen molar-refractivity contribution in [3.05, 3.63) is 253 Å². The first-order chi connectivity index (χ1) is 31.7. The van der Waals surface area contributed by atoms with E-state index in [-0.39, 0.29) is 0 Å². The van der Waals surface area contributed by atoms with Crippen LogP contribution >= 0.6 is 0 Å². The largest absolute Gasteiger partial charge is 0.456 e. The van der Waals surface area contributed by atoms with E-state index in [2.05, 4.69) is 231 Å². The van der Waals surface area contributed by atoms with Gasteiger partial charge in [0.25, 0.3) is 0 Å². The fourth-order valence-electron chi connectivity index (χ4n) is 10.6. The van der Waals surface area contributed by atoms with E-state index in [0.29, 0.717) is 5.82 Å². The zero-order chi connectivity index (χ0) is 42.2. The van der Waals surface area contributed by atoms with Gasteiger partial charge < -0.3 is 4.74 Å². The van der Waals surface area contributed by atoms with Crippen LogP contribution in [-0.4, -0.2) is 9.97 Å². The van der Waals surface area contributed by atoms with Crippen molar-refractivity contribution in [2.75, 3.05) is 0 Å². The van der Waals surface area contributed by atoms with Gasteiger partial charge in [0.15, 0.2) is 5.82 Å². The van der Waals surface area contributed by atoms with E-state index in [1.54, 1.807) is 0 Å². The van der Waals surface area contributed by atoms with Crippen LogP contribution in [0.3, 0.4) is 0 Å². The summed E-state index contributed by atoms with van der Waals surface area (Å²) in [6.45, 7) is 0. The molecule has 0 bridgehead atoms. The predicted molar refractivity (Wildman–Crippen MR) is 262 cm³/mol. The van der Waals surface area contributed by atoms with E-state index in [9.17, 15) is 0 Å². The van der Waals surface area contributed by atoms with Gasteiger partial charge in [0.05, 0.1) is 22.4 Å². The molecular weight excluding hydrogens is 777 g/mol. The Hall–Kier alpha value is -8.40. The summed E-state index contributed by atoms with van der Waals surface area (Å²) in [5.74, 6) is 2.20. The Morgan fingerprint density at radius 2 is 0.781 bits per heavy atom. The number of nitrogens with zero attached hydrogens (tertiary/aromatic N) is 2. The van der Waals surface area contributed by atoms with Crippen LogP contribution in [0.15, 0.2) is 231 Å². The quantitative estimate of drug-likeness (QED) is 0.162. The molecule has 1 unspecified atom stereocenters. The second-order valence-corrected chi connectivity index (χ2v) is 16.8. The van der Waals surface area contributed by atoms with Gasteiger partial charge in [-0.1, -0.05) is 212 Å². The third kappa shape index (κ3) is 5.41. The Balaban J connectivity index is 1.07. The van der Waals surface area contributed by atoms with E-state index in [4.69, 9.17) is 14.7 Å². The Morgan fingerprint density at radius 3 is 1.42 bits per heavy atom. The van der Waals surface area contributed by atoms with Crippen molar-refractivity contribution < 1.29 is 4.74 Å². The summed E-state index contributed by atoms with van der Waals surface area (Å²) in [7, 11) is 0. The molecule has 3 heteroatoms. The highest BCUT2D eigenvalue weighted by molar-refractivity contribution is 6.19. The van der Waals surface area contributed by atoms with E-state index in [1.165, 1.54) is 54.9 Å². The normalized spacial score (nSPS) is 14.4. The summed E-state index contributed by atoms with van der Waals surface area (Å²) in [5, 5.41) is 4.98. The van der Waals surface area contributed by atoms with Crippen LogP contribution in [-0.2, 0) is 5.41 Å². The highest BCUT2D eigenvalue weighted by Gasteiger charge is 2.53. The molecule has 1 aliphatic heterocycles. The van der Waals surface area contributed by atoms with Gasteiger partial charge in [-0.05, 0) is 84.3 Å². The maximum absolute atomic E-state index is 7.22. The average molecular weight is 815 g/mol. The predicted octanol–water partition coefficient (Wildman–Crippen LogP) is 15.6. The monoisotopic (exact) mass is 814 g/mol. The van der Waals surface area contributed by atoms with Crippen LogP contribution in [0.25, 0.3) is 88.8 Å². The van der Waals surface area contributed by atoms with Gasteiger partial charge in [-0.15, -0.1) is 0 Å². The molecule has 0 N–H and O–H groups in total. The molecule has 2 aliphatic rings. The Labute approximate surface area is 371 Å². The number of hydrogen-bond donors (Lipinski definition) is 0. The van der Waals surface area contributed by atoms with Crippen LogP contribution in [0.4, 0.5) is 0 Å². The molecule has 0 fully saturated rings. The summed E-state index contributed by atoms with van der Waals surface area (Å²) in [4.78, 5) is 10.9. The van der Waals surface area contributed by atoms with Crippen molar-refractivity contribution in [2.45, 2.75) is 5.41 Å².